The molecule has 1 amide bonds. The maximum Gasteiger partial charge on any atom is 0.308 e. The van der Waals surface area contributed by atoms with Crippen LogP contribution in [-0.2, 0) is 16.0 Å². The third-order valence-corrected chi connectivity index (χ3v) is 3.65. The minimum absolute atomic E-state index is 0.225. The molecule has 0 bridgehead atoms. The molecule has 1 aromatic rings. The summed E-state index contributed by atoms with van der Waals surface area (Å²) < 4.78 is 0. The third kappa shape index (κ3) is 2.52. The lowest BCUT2D eigenvalue weighted by atomic mass is 9.75. The molecule has 1 aromatic carbocycles. The molecular weight excluding hydrogens is 242 g/mol. The van der Waals surface area contributed by atoms with Gasteiger partial charge in [-0.25, -0.2) is 0 Å². The van der Waals surface area contributed by atoms with Crippen LogP contribution in [0, 0.1) is 5.92 Å². The Labute approximate surface area is 112 Å². The number of carboxylic acids is 1. The van der Waals surface area contributed by atoms with E-state index in [2.05, 4.69) is 5.32 Å². The molecule has 0 spiro atoms. The Kier molecular flexibility index (Phi) is 3.42. The average molecular weight is 259 g/mol. The largest absolute Gasteiger partial charge is 0.481 e. The summed E-state index contributed by atoms with van der Waals surface area (Å²) in [5.74, 6) is -1.84. The van der Waals surface area contributed by atoms with E-state index in [1.165, 1.54) is 6.92 Å². The molecule has 2 rings (SSSR count). The Bertz CT molecular complexity index is 550. The van der Waals surface area contributed by atoms with Crippen molar-refractivity contribution in [3.05, 3.63) is 41.5 Å². The van der Waals surface area contributed by atoms with Crippen molar-refractivity contribution in [3.8, 4) is 0 Å². The van der Waals surface area contributed by atoms with Gasteiger partial charge in [-0.05, 0) is 18.1 Å². The SMILES string of the molecule is CC(=O)NC1(C(C)C(=O)O)C=Cc2ccccc2C1. The van der Waals surface area contributed by atoms with E-state index in [1.807, 2.05) is 30.3 Å². The summed E-state index contributed by atoms with van der Waals surface area (Å²) in [6, 6.07) is 7.80. The molecule has 0 fully saturated rings. The van der Waals surface area contributed by atoms with Gasteiger partial charge in [-0.2, -0.15) is 0 Å². The molecule has 4 nitrogen and oxygen atoms in total. The molecule has 1 aliphatic rings. The van der Waals surface area contributed by atoms with Crippen LogP contribution in [-0.4, -0.2) is 22.5 Å². The normalized spacial score (nSPS) is 22.4. The van der Waals surface area contributed by atoms with E-state index < -0.39 is 17.4 Å². The molecule has 19 heavy (non-hydrogen) atoms. The molecule has 0 radical (unpaired) electrons. The van der Waals surface area contributed by atoms with Crippen LogP contribution in [0.1, 0.15) is 25.0 Å². The number of carbonyl (C=O) groups excluding carboxylic acids is 1. The van der Waals surface area contributed by atoms with E-state index in [0.29, 0.717) is 6.42 Å². The highest BCUT2D eigenvalue weighted by Gasteiger charge is 2.40. The van der Waals surface area contributed by atoms with Gasteiger partial charge in [0.2, 0.25) is 5.91 Å². The van der Waals surface area contributed by atoms with E-state index in [9.17, 15) is 14.7 Å². The van der Waals surface area contributed by atoms with Crippen LogP contribution in [0.5, 0.6) is 0 Å². The Morgan fingerprint density at radius 1 is 1.37 bits per heavy atom. The van der Waals surface area contributed by atoms with Crippen molar-refractivity contribution >= 4 is 18.0 Å². The number of hydrogen-bond acceptors (Lipinski definition) is 2. The van der Waals surface area contributed by atoms with Gasteiger partial charge >= 0.3 is 5.97 Å². The zero-order valence-corrected chi connectivity index (χ0v) is 11.0. The zero-order valence-electron chi connectivity index (χ0n) is 11.0. The van der Waals surface area contributed by atoms with Gasteiger partial charge in [-0.15, -0.1) is 0 Å². The van der Waals surface area contributed by atoms with Crippen molar-refractivity contribution in [2.75, 3.05) is 0 Å². The van der Waals surface area contributed by atoms with Gasteiger partial charge in [0.05, 0.1) is 11.5 Å². The van der Waals surface area contributed by atoms with Crippen LogP contribution >= 0.6 is 0 Å². The fraction of sp³-hybridized carbons (Fsp3) is 0.333. The van der Waals surface area contributed by atoms with Crippen molar-refractivity contribution in [3.63, 3.8) is 0 Å². The van der Waals surface area contributed by atoms with Gasteiger partial charge in [0, 0.05) is 13.3 Å². The summed E-state index contributed by atoms with van der Waals surface area (Å²) >= 11 is 0. The van der Waals surface area contributed by atoms with Crippen LogP contribution in [0.4, 0.5) is 0 Å². The second-order valence-corrected chi connectivity index (χ2v) is 4.99. The van der Waals surface area contributed by atoms with Crippen LogP contribution < -0.4 is 5.32 Å². The van der Waals surface area contributed by atoms with Gasteiger partial charge < -0.3 is 10.4 Å². The quantitative estimate of drug-likeness (QED) is 0.870. The van der Waals surface area contributed by atoms with Gasteiger partial charge in [0.25, 0.3) is 0 Å². The van der Waals surface area contributed by atoms with Crippen LogP contribution in [0.3, 0.4) is 0 Å². The highest BCUT2D eigenvalue weighted by molar-refractivity contribution is 5.79. The molecule has 0 aromatic heterocycles. The van der Waals surface area contributed by atoms with E-state index in [4.69, 9.17) is 0 Å². The van der Waals surface area contributed by atoms with Gasteiger partial charge in [0.15, 0.2) is 0 Å². The van der Waals surface area contributed by atoms with E-state index >= 15 is 0 Å². The number of carboxylic acid groups (broad SMARTS) is 1. The number of hydrogen-bond donors (Lipinski definition) is 2. The summed E-state index contributed by atoms with van der Waals surface area (Å²) in [5, 5.41) is 12.1. The summed E-state index contributed by atoms with van der Waals surface area (Å²) in [5.41, 5.74) is 1.26. The lowest BCUT2D eigenvalue weighted by molar-refractivity contribution is -0.143. The van der Waals surface area contributed by atoms with Gasteiger partial charge in [-0.1, -0.05) is 36.4 Å². The minimum Gasteiger partial charge on any atom is -0.481 e. The van der Waals surface area contributed by atoms with Crippen LogP contribution in [0.15, 0.2) is 30.3 Å². The number of aliphatic carboxylic acids is 1. The fourth-order valence-electron chi connectivity index (χ4n) is 2.51. The molecular formula is C15H17NO3. The summed E-state index contributed by atoms with van der Waals surface area (Å²) in [6.07, 6.45) is 4.18. The fourth-order valence-corrected chi connectivity index (χ4v) is 2.51. The maximum atomic E-state index is 11.4. The molecule has 100 valence electrons. The maximum absolute atomic E-state index is 11.4. The van der Waals surface area contributed by atoms with Crippen molar-refractivity contribution in [2.45, 2.75) is 25.8 Å². The van der Waals surface area contributed by atoms with Crippen molar-refractivity contribution in [1.29, 1.82) is 0 Å². The zero-order chi connectivity index (χ0) is 14.0. The summed E-state index contributed by atoms with van der Waals surface area (Å²) in [4.78, 5) is 22.7. The molecule has 0 saturated carbocycles. The first-order valence-corrected chi connectivity index (χ1v) is 6.23. The number of carbonyl (C=O) groups is 2. The van der Waals surface area contributed by atoms with Gasteiger partial charge in [0.1, 0.15) is 0 Å². The lowest BCUT2D eigenvalue weighted by Gasteiger charge is -2.38. The third-order valence-electron chi connectivity index (χ3n) is 3.65. The van der Waals surface area contributed by atoms with Crippen molar-refractivity contribution in [1.82, 2.24) is 5.32 Å². The second-order valence-electron chi connectivity index (χ2n) is 4.99. The molecule has 2 unspecified atom stereocenters. The Morgan fingerprint density at radius 2 is 2.05 bits per heavy atom. The van der Waals surface area contributed by atoms with Crippen LogP contribution in [0.2, 0.25) is 0 Å². The average Bonchev–Trinajstić information content (AvgIpc) is 2.36. The topological polar surface area (TPSA) is 66.4 Å². The predicted molar refractivity (Wildman–Crippen MR) is 72.5 cm³/mol. The molecule has 0 saturated heterocycles. The number of fused-ring (bicyclic) bond motifs is 1. The summed E-state index contributed by atoms with van der Waals surface area (Å²) in [7, 11) is 0. The number of benzene rings is 1. The second kappa shape index (κ2) is 4.88. The molecule has 0 heterocycles. The lowest BCUT2D eigenvalue weighted by Crippen LogP contribution is -2.55. The van der Waals surface area contributed by atoms with E-state index in [0.717, 1.165) is 11.1 Å². The Balaban J connectivity index is 2.43. The number of nitrogens with one attached hydrogen (secondary N) is 1. The Hall–Kier alpha value is -2.10. The van der Waals surface area contributed by atoms with E-state index in [1.54, 1.807) is 13.0 Å². The monoisotopic (exact) mass is 259 g/mol. The minimum atomic E-state index is -0.919. The molecule has 4 heteroatoms. The number of rotatable bonds is 3. The first kappa shape index (κ1) is 13.3. The van der Waals surface area contributed by atoms with E-state index in [-0.39, 0.29) is 5.91 Å². The highest BCUT2D eigenvalue weighted by Crippen LogP contribution is 2.31. The summed E-state index contributed by atoms with van der Waals surface area (Å²) in [6.45, 7) is 3.03. The smallest absolute Gasteiger partial charge is 0.308 e. The van der Waals surface area contributed by atoms with Gasteiger partial charge in [-0.3, -0.25) is 9.59 Å². The first-order chi connectivity index (χ1) is 8.94. The molecule has 2 atom stereocenters. The molecule has 0 aliphatic heterocycles. The van der Waals surface area contributed by atoms with Crippen LogP contribution in [0.25, 0.3) is 6.08 Å². The molecule has 2 N–H and O–H groups in total. The highest BCUT2D eigenvalue weighted by atomic mass is 16.4. The number of amides is 1. The standard InChI is InChI=1S/C15H17NO3/c1-10(14(18)19)15(16-11(2)17)8-7-12-5-3-4-6-13(12)9-15/h3-8,10H,9H2,1-2H3,(H,16,17)(H,18,19). The molecule has 1 aliphatic carbocycles. The first-order valence-electron chi connectivity index (χ1n) is 6.23. The van der Waals surface area contributed by atoms with Crippen molar-refractivity contribution < 1.29 is 14.7 Å². The Morgan fingerprint density at radius 3 is 2.68 bits per heavy atom. The predicted octanol–water partition coefficient (Wildman–Crippen LogP) is 1.85. The van der Waals surface area contributed by atoms with Crippen molar-refractivity contribution in [2.24, 2.45) is 5.92 Å².